The van der Waals surface area contributed by atoms with Gasteiger partial charge in [0.15, 0.2) is 5.96 Å². The third kappa shape index (κ3) is 4.94. The quantitative estimate of drug-likeness (QED) is 0.363. The highest BCUT2D eigenvalue weighted by Crippen LogP contribution is 2.11. The molecule has 1 unspecified atom stereocenters. The highest BCUT2D eigenvalue weighted by atomic mass is 127. The molecule has 0 amide bonds. The van der Waals surface area contributed by atoms with Gasteiger partial charge in [-0.2, -0.15) is 0 Å². The Morgan fingerprint density at radius 3 is 2.72 bits per heavy atom. The van der Waals surface area contributed by atoms with Gasteiger partial charge in [-0.1, -0.05) is 30.3 Å². The fraction of sp³-hybridized carbons (Fsp3) is 0.263. The van der Waals surface area contributed by atoms with Crippen LogP contribution in [0.1, 0.15) is 29.8 Å². The molecule has 1 aromatic carbocycles. The molecule has 0 aliphatic carbocycles. The molecule has 2 aromatic heterocycles. The Bertz CT molecular complexity index is 841. The van der Waals surface area contributed by atoms with Crippen LogP contribution in [0.2, 0.25) is 0 Å². The molecular weight excluding hydrogens is 425 g/mol. The van der Waals surface area contributed by atoms with E-state index in [2.05, 4.69) is 58.7 Å². The molecule has 0 saturated carbocycles. The summed E-state index contributed by atoms with van der Waals surface area (Å²) in [6.45, 7) is 4.82. The van der Waals surface area contributed by atoms with Crippen molar-refractivity contribution in [2.24, 2.45) is 4.99 Å². The molecule has 132 valence electrons. The van der Waals surface area contributed by atoms with Crippen LogP contribution in [-0.4, -0.2) is 22.4 Å². The summed E-state index contributed by atoms with van der Waals surface area (Å²) in [5.41, 5.74) is 4.38. The summed E-state index contributed by atoms with van der Waals surface area (Å²) in [6, 6.07) is 14.7. The Labute approximate surface area is 165 Å². The highest BCUT2D eigenvalue weighted by Gasteiger charge is 2.08. The fourth-order valence-electron chi connectivity index (χ4n) is 2.62. The van der Waals surface area contributed by atoms with Gasteiger partial charge in [0, 0.05) is 19.4 Å². The van der Waals surface area contributed by atoms with Crippen LogP contribution in [0, 0.1) is 6.92 Å². The standard InChI is InChI=1S/C19H23N5.HI/c1-14-9-10-24-13-17(23-18(24)11-14)12-21-19(20-3)22-15(2)16-7-5-4-6-8-16;/h4-11,13,15H,12H2,1-3H3,(H2,20,21,22);1H. The molecule has 2 heterocycles. The number of rotatable bonds is 4. The van der Waals surface area contributed by atoms with E-state index in [0.717, 1.165) is 17.3 Å². The zero-order valence-electron chi connectivity index (χ0n) is 14.7. The predicted octanol–water partition coefficient (Wildman–Crippen LogP) is 3.69. The van der Waals surface area contributed by atoms with Crippen molar-refractivity contribution >= 4 is 35.6 Å². The lowest BCUT2D eigenvalue weighted by Gasteiger charge is -2.17. The minimum Gasteiger partial charge on any atom is -0.351 e. The molecule has 0 radical (unpaired) electrons. The Morgan fingerprint density at radius 1 is 1.24 bits per heavy atom. The summed E-state index contributed by atoms with van der Waals surface area (Å²) in [6.07, 6.45) is 4.07. The van der Waals surface area contributed by atoms with Crippen molar-refractivity contribution in [1.82, 2.24) is 20.0 Å². The molecule has 3 aromatic rings. The van der Waals surface area contributed by atoms with Gasteiger partial charge < -0.3 is 15.0 Å². The van der Waals surface area contributed by atoms with Crippen LogP contribution in [0.4, 0.5) is 0 Å². The van der Waals surface area contributed by atoms with E-state index in [1.807, 2.05) is 35.0 Å². The summed E-state index contributed by atoms with van der Waals surface area (Å²) in [5.74, 6) is 0.764. The summed E-state index contributed by atoms with van der Waals surface area (Å²) >= 11 is 0. The molecule has 25 heavy (non-hydrogen) atoms. The molecule has 2 N–H and O–H groups in total. The maximum atomic E-state index is 4.63. The lowest BCUT2D eigenvalue weighted by molar-refractivity contribution is 0.683. The molecule has 0 aliphatic rings. The Hall–Kier alpha value is -2.09. The van der Waals surface area contributed by atoms with Crippen LogP contribution in [-0.2, 0) is 6.54 Å². The van der Waals surface area contributed by atoms with Crippen molar-refractivity contribution in [2.75, 3.05) is 7.05 Å². The second-order valence-corrected chi connectivity index (χ2v) is 5.90. The number of hydrogen-bond acceptors (Lipinski definition) is 2. The topological polar surface area (TPSA) is 53.7 Å². The van der Waals surface area contributed by atoms with Crippen molar-refractivity contribution in [2.45, 2.75) is 26.4 Å². The molecule has 3 rings (SSSR count). The monoisotopic (exact) mass is 449 g/mol. The number of aromatic nitrogens is 2. The van der Waals surface area contributed by atoms with Crippen molar-refractivity contribution in [3.8, 4) is 0 Å². The maximum absolute atomic E-state index is 4.63. The third-order valence-electron chi connectivity index (χ3n) is 3.98. The van der Waals surface area contributed by atoms with Crippen molar-refractivity contribution < 1.29 is 0 Å². The van der Waals surface area contributed by atoms with Gasteiger partial charge in [0.2, 0.25) is 0 Å². The number of halogens is 1. The molecule has 1 atom stereocenters. The Morgan fingerprint density at radius 2 is 2.00 bits per heavy atom. The van der Waals surface area contributed by atoms with Crippen LogP contribution in [0.25, 0.3) is 5.65 Å². The first-order valence-corrected chi connectivity index (χ1v) is 8.12. The fourth-order valence-corrected chi connectivity index (χ4v) is 2.62. The summed E-state index contributed by atoms with van der Waals surface area (Å²) in [7, 11) is 1.78. The molecule has 0 bridgehead atoms. The van der Waals surface area contributed by atoms with E-state index >= 15 is 0 Å². The van der Waals surface area contributed by atoms with E-state index in [0.29, 0.717) is 6.54 Å². The first-order chi connectivity index (χ1) is 11.7. The SMILES string of the molecule is CN=C(NCc1cn2ccc(C)cc2n1)NC(C)c1ccccc1.I. The molecule has 0 saturated heterocycles. The van der Waals surface area contributed by atoms with Gasteiger partial charge in [0.25, 0.3) is 0 Å². The van der Waals surface area contributed by atoms with Gasteiger partial charge in [0.05, 0.1) is 18.3 Å². The summed E-state index contributed by atoms with van der Waals surface area (Å²) < 4.78 is 2.03. The van der Waals surface area contributed by atoms with Gasteiger partial charge in [0.1, 0.15) is 5.65 Å². The molecule has 0 aliphatic heterocycles. The third-order valence-corrected chi connectivity index (χ3v) is 3.98. The molecule has 6 heteroatoms. The first kappa shape index (κ1) is 19.2. The molecular formula is C19H24IN5. The van der Waals surface area contributed by atoms with Crippen LogP contribution >= 0.6 is 24.0 Å². The first-order valence-electron chi connectivity index (χ1n) is 8.12. The average molecular weight is 449 g/mol. The second-order valence-electron chi connectivity index (χ2n) is 5.90. The predicted molar refractivity (Wildman–Crippen MR) is 114 cm³/mol. The lowest BCUT2D eigenvalue weighted by Crippen LogP contribution is -2.38. The molecule has 0 fully saturated rings. The minimum atomic E-state index is 0. The smallest absolute Gasteiger partial charge is 0.191 e. The second kappa shape index (κ2) is 8.84. The van der Waals surface area contributed by atoms with Crippen molar-refractivity contribution in [3.05, 3.63) is 71.7 Å². The number of hydrogen-bond donors (Lipinski definition) is 2. The average Bonchev–Trinajstić information content (AvgIpc) is 3.01. The van der Waals surface area contributed by atoms with Crippen molar-refractivity contribution in [3.63, 3.8) is 0 Å². The van der Waals surface area contributed by atoms with E-state index in [1.165, 1.54) is 11.1 Å². The Kier molecular flexibility index (Phi) is 6.81. The highest BCUT2D eigenvalue weighted by molar-refractivity contribution is 14.0. The number of nitrogens with one attached hydrogen (secondary N) is 2. The van der Waals surface area contributed by atoms with E-state index in [-0.39, 0.29) is 30.0 Å². The molecule has 0 spiro atoms. The zero-order valence-corrected chi connectivity index (χ0v) is 17.1. The van der Waals surface area contributed by atoms with Gasteiger partial charge >= 0.3 is 0 Å². The Balaban J connectivity index is 0.00000225. The number of nitrogens with zero attached hydrogens (tertiary/aromatic N) is 3. The van der Waals surface area contributed by atoms with E-state index < -0.39 is 0 Å². The number of guanidine groups is 1. The summed E-state index contributed by atoms with van der Waals surface area (Å²) in [5, 5.41) is 6.73. The number of imidazole rings is 1. The van der Waals surface area contributed by atoms with E-state index in [1.54, 1.807) is 7.05 Å². The van der Waals surface area contributed by atoms with Gasteiger partial charge in [-0.25, -0.2) is 4.98 Å². The van der Waals surface area contributed by atoms with Gasteiger partial charge in [-0.15, -0.1) is 24.0 Å². The normalized spacial score (nSPS) is 12.5. The lowest BCUT2D eigenvalue weighted by atomic mass is 10.1. The number of aliphatic imine (C=N–C) groups is 1. The van der Waals surface area contributed by atoms with E-state index in [4.69, 9.17) is 0 Å². The number of pyridine rings is 1. The zero-order chi connectivity index (χ0) is 16.9. The van der Waals surface area contributed by atoms with Crippen LogP contribution in [0.3, 0.4) is 0 Å². The number of aryl methyl sites for hydroxylation is 1. The van der Waals surface area contributed by atoms with Gasteiger partial charge in [-0.05, 0) is 37.1 Å². The molecule has 5 nitrogen and oxygen atoms in total. The maximum Gasteiger partial charge on any atom is 0.191 e. The number of benzene rings is 1. The minimum absolute atomic E-state index is 0. The largest absolute Gasteiger partial charge is 0.351 e. The van der Waals surface area contributed by atoms with Gasteiger partial charge in [-0.3, -0.25) is 4.99 Å². The van der Waals surface area contributed by atoms with Crippen LogP contribution < -0.4 is 10.6 Å². The van der Waals surface area contributed by atoms with Crippen LogP contribution in [0.15, 0.2) is 59.9 Å². The van der Waals surface area contributed by atoms with Crippen molar-refractivity contribution in [1.29, 1.82) is 0 Å². The summed E-state index contributed by atoms with van der Waals surface area (Å²) in [4.78, 5) is 8.93. The number of fused-ring (bicyclic) bond motifs is 1. The van der Waals surface area contributed by atoms with E-state index in [9.17, 15) is 0 Å². The van der Waals surface area contributed by atoms with Crippen LogP contribution in [0.5, 0.6) is 0 Å².